The summed E-state index contributed by atoms with van der Waals surface area (Å²) in [4.78, 5) is 15.2. The van der Waals surface area contributed by atoms with Gasteiger partial charge in [0.05, 0.1) is 5.56 Å². The summed E-state index contributed by atoms with van der Waals surface area (Å²) in [6.07, 6.45) is 1.62. The first-order chi connectivity index (χ1) is 7.74. The lowest BCUT2D eigenvalue weighted by molar-refractivity contribution is 0.0699. The summed E-state index contributed by atoms with van der Waals surface area (Å²) in [6.45, 7) is 2.73. The lowest BCUT2D eigenvalue weighted by atomic mass is 10.1. The molecule has 1 aromatic heterocycles. The average molecular weight is 216 g/mol. The summed E-state index contributed by atoms with van der Waals surface area (Å²) < 4.78 is 0. The van der Waals surface area contributed by atoms with Gasteiger partial charge in [-0.2, -0.15) is 0 Å². The molecule has 0 aliphatic carbocycles. The maximum absolute atomic E-state index is 11.0. The summed E-state index contributed by atoms with van der Waals surface area (Å²) in [7, 11) is 0. The highest BCUT2D eigenvalue weighted by Gasteiger charge is 2.09. The number of rotatable bonds is 3. The highest BCUT2D eigenvalue weighted by molar-refractivity contribution is 6.06. The highest BCUT2D eigenvalue weighted by atomic mass is 16.4. The Morgan fingerprint density at radius 1 is 1.38 bits per heavy atom. The Hall–Kier alpha value is -2.10. The number of carboxylic acid groups (broad SMARTS) is 1. The Balaban J connectivity index is 2.71. The molecule has 2 aromatic rings. The molecule has 82 valence electrons. The Labute approximate surface area is 92.9 Å². The van der Waals surface area contributed by atoms with Gasteiger partial charge in [-0.05, 0) is 19.1 Å². The fourth-order valence-corrected chi connectivity index (χ4v) is 1.70. The Bertz CT molecular complexity index is 538. The van der Waals surface area contributed by atoms with Gasteiger partial charge in [0.2, 0.25) is 0 Å². The van der Waals surface area contributed by atoms with Crippen LogP contribution in [0.25, 0.3) is 10.8 Å². The predicted octanol–water partition coefficient (Wildman–Crippen LogP) is 2.36. The Kier molecular flexibility index (Phi) is 2.72. The minimum atomic E-state index is -0.917. The second-order valence-electron chi connectivity index (χ2n) is 3.40. The van der Waals surface area contributed by atoms with Gasteiger partial charge in [-0.3, -0.25) is 0 Å². The van der Waals surface area contributed by atoms with Gasteiger partial charge >= 0.3 is 5.97 Å². The third kappa shape index (κ3) is 1.69. The molecule has 2 rings (SSSR count). The smallest absolute Gasteiger partial charge is 0.336 e. The van der Waals surface area contributed by atoms with E-state index in [1.54, 1.807) is 24.4 Å². The van der Waals surface area contributed by atoms with Crippen molar-refractivity contribution in [2.24, 2.45) is 0 Å². The number of pyridine rings is 1. The first kappa shape index (κ1) is 10.4. The Morgan fingerprint density at radius 2 is 2.19 bits per heavy atom. The van der Waals surface area contributed by atoms with Gasteiger partial charge in [-0.25, -0.2) is 9.78 Å². The van der Waals surface area contributed by atoms with Crippen LogP contribution in [0.15, 0.2) is 30.5 Å². The molecule has 0 bridgehead atoms. The van der Waals surface area contributed by atoms with E-state index in [0.29, 0.717) is 10.9 Å². The molecule has 0 atom stereocenters. The molecule has 4 nitrogen and oxygen atoms in total. The molecule has 0 aliphatic heterocycles. The van der Waals surface area contributed by atoms with Gasteiger partial charge in [0.15, 0.2) is 0 Å². The van der Waals surface area contributed by atoms with E-state index in [0.717, 1.165) is 17.7 Å². The number of nitrogens with one attached hydrogen (secondary N) is 1. The third-order valence-electron chi connectivity index (χ3n) is 2.38. The molecule has 2 N–H and O–H groups in total. The normalized spacial score (nSPS) is 10.3. The van der Waals surface area contributed by atoms with Crippen molar-refractivity contribution < 1.29 is 9.90 Å². The zero-order valence-electron chi connectivity index (χ0n) is 8.90. The van der Waals surface area contributed by atoms with Crippen LogP contribution in [0, 0.1) is 0 Å². The molecule has 0 saturated carbocycles. The second-order valence-corrected chi connectivity index (χ2v) is 3.40. The molecule has 1 heterocycles. The molecule has 16 heavy (non-hydrogen) atoms. The van der Waals surface area contributed by atoms with Gasteiger partial charge in [-0.15, -0.1) is 0 Å². The maximum atomic E-state index is 11.0. The molecule has 0 saturated heterocycles. The topological polar surface area (TPSA) is 62.2 Å². The van der Waals surface area contributed by atoms with Crippen molar-refractivity contribution in [1.82, 2.24) is 4.98 Å². The van der Waals surface area contributed by atoms with Crippen molar-refractivity contribution in [2.75, 3.05) is 11.9 Å². The third-order valence-corrected chi connectivity index (χ3v) is 2.38. The molecule has 0 fully saturated rings. The number of benzene rings is 1. The minimum absolute atomic E-state index is 0.305. The largest absolute Gasteiger partial charge is 0.478 e. The van der Waals surface area contributed by atoms with Crippen molar-refractivity contribution in [3.8, 4) is 0 Å². The highest BCUT2D eigenvalue weighted by Crippen LogP contribution is 2.23. The monoisotopic (exact) mass is 216 g/mol. The van der Waals surface area contributed by atoms with Gasteiger partial charge in [0.1, 0.15) is 5.82 Å². The minimum Gasteiger partial charge on any atom is -0.478 e. The van der Waals surface area contributed by atoms with Gasteiger partial charge in [0.25, 0.3) is 0 Å². The van der Waals surface area contributed by atoms with Crippen molar-refractivity contribution in [2.45, 2.75) is 6.92 Å². The van der Waals surface area contributed by atoms with E-state index in [9.17, 15) is 4.79 Å². The number of aromatic carboxylic acids is 1. The fourth-order valence-electron chi connectivity index (χ4n) is 1.70. The number of aromatic nitrogens is 1. The van der Waals surface area contributed by atoms with Crippen LogP contribution < -0.4 is 5.32 Å². The summed E-state index contributed by atoms with van der Waals surface area (Å²) in [6, 6.07) is 6.92. The summed E-state index contributed by atoms with van der Waals surface area (Å²) in [5, 5.41) is 13.7. The molecular formula is C12H12N2O2. The van der Waals surface area contributed by atoms with E-state index >= 15 is 0 Å². The van der Waals surface area contributed by atoms with E-state index in [-0.39, 0.29) is 0 Å². The van der Waals surface area contributed by atoms with Crippen LogP contribution >= 0.6 is 0 Å². The number of nitrogens with zero attached hydrogens (tertiary/aromatic N) is 1. The number of hydrogen-bond acceptors (Lipinski definition) is 3. The van der Waals surface area contributed by atoms with Crippen LogP contribution in [0.4, 0.5) is 5.82 Å². The molecule has 0 unspecified atom stereocenters. The molecule has 1 aromatic carbocycles. The van der Waals surface area contributed by atoms with Crippen LogP contribution in [0.3, 0.4) is 0 Å². The van der Waals surface area contributed by atoms with Crippen molar-refractivity contribution in [3.05, 3.63) is 36.0 Å². The van der Waals surface area contributed by atoms with E-state index in [1.165, 1.54) is 0 Å². The van der Waals surface area contributed by atoms with Gasteiger partial charge in [0, 0.05) is 23.5 Å². The molecule has 0 spiro atoms. The molecule has 0 aliphatic rings. The predicted molar refractivity (Wildman–Crippen MR) is 62.9 cm³/mol. The fraction of sp³-hybridized carbons (Fsp3) is 0.167. The van der Waals surface area contributed by atoms with E-state index in [1.807, 2.05) is 13.0 Å². The molecule has 0 amide bonds. The van der Waals surface area contributed by atoms with Crippen molar-refractivity contribution in [3.63, 3.8) is 0 Å². The van der Waals surface area contributed by atoms with Crippen LogP contribution in [0.5, 0.6) is 0 Å². The van der Waals surface area contributed by atoms with Gasteiger partial charge < -0.3 is 10.4 Å². The zero-order chi connectivity index (χ0) is 11.5. The van der Waals surface area contributed by atoms with Crippen molar-refractivity contribution in [1.29, 1.82) is 0 Å². The summed E-state index contributed by atoms with van der Waals surface area (Å²) in [5.41, 5.74) is 0.305. The van der Waals surface area contributed by atoms with E-state index in [2.05, 4.69) is 10.3 Å². The van der Waals surface area contributed by atoms with Crippen LogP contribution in [0.2, 0.25) is 0 Å². The molecule has 4 heteroatoms. The first-order valence-corrected chi connectivity index (χ1v) is 5.09. The standard InChI is InChI=1S/C12H12N2O2/c1-2-13-11-9-4-3-5-10(12(15)16)8(9)6-7-14-11/h3-7H,2H2,1H3,(H,13,14)(H,15,16). The average Bonchev–Trinajstić information content (AvgIpc) is 2.29. The summed E-state index contributed by atoms with van der Waals surface area (Å²) in [5.74, 6) is -0.192. The van der Waals surface area contributed by atoms with Crippen LogP contribution in [0.1, 0.15) is 17.3 Å². The molecule has 0 radical (unpaired) electrons. The lowest BCUT2D eigenvalue weighted by Gasteiger charge is -2.07. The van der Waals surface area contributed by atoms with E-state index in [4.69, 9.17) is 5.11 Å². The van der Waals surface area contributed by atoms with Gasteiger partial charge in [-0.1, -0.05) is 12.1 Å². The first-order valence-electron chi connectivity index (χ1n) is 5.09. The van der Waals surface area contributed by atoms with E-state index < -0.39 is 5.97 Å². The SMILES string of the molecule is CCNc1nccc2c(C(=O)O)cccc12. The number of carbonyl (C=O) groups is 1. The number of fused-ring (bicyclic) bond motifs is 1. The molecular weight excluding hydrogens is 204 g/mol. The van der Waals surface area contributed by atoms with Crippen LogP contribution in [-0.2, 0) is 0 Å². The zero-order valence-corrected chi connectivity index (χ0v) is 8.90. The maximum Gasteiger partial charge on any atom is 0.336 e. The Morgan fingerprint density at radius 3 is 2.88 bits per heavy atom. The lowest BCUT2D eigenvalue weighted by Crippen LogP contribution is -2.02. The summed E-state index contributed by atoms with van der Waals surface area (Å²) >= 11 is 0. The van der Waals surface area contributed by atoms with Crippen molar-refractivity contribution >= 4 is 22.6 Å². The second kappa shape index (κ2) is 4.18. The number of hydrogen-bond donors (Lipinski definition) is 2. The van der Waals surface area contributed by atoms with Crippen LogP contribution in [-0.4, -0.2) is 22.6 Å². The quantitative estimate of drug-likeness (QED) is 0.826. The number of anilines is 1. The number of carboxylic acids is 1.